The van der Waals surface area contributed by atoms with Crippen LogP contribution in [0.1, 0.15) is 23.6 Å². The van der Waals surface area contributed by atoms with Crippen LogP contribution in [0.5, 0.6) is 11.5 Å². The van der Waals surface area contributed by atoms with Crippen molar-refractivity contribution in [2.24, 2.45) is 0 Å². The first kappa shape index (κ1) is 21.9. The molecule has 0 aromatic heterocycles. The molecule has 1 aliphatic rings. The number of methoxy groups -OCH3 is 1. The topological polar surface area (TPSA) is 76.1 Å². The van der Waals surface area contributed by atoms with E-state index in [4.69, 9.17) is 21.7 Å². The van der Waals surface area contributed by atoms with E-state index in [1.165, 1.54) is 6.92 Å². The molecule has 2 aromatic rings. The lowest BCUT2D eigenvalue weighted by molar-refractivity contribution is -0.144. The Morgan fingerprint density at radius 2 is 2.00 bits per heavy atom. The number of rotatable bonds is 7. The van der Waals surface area contributed by atoms with Crippen LogP contribution in [0.15, 0.2) is 47.4 Å². The Morgan fingerprint density at radius 3 is 2.67 bits per heavy atom. The van der Waals surface area contributed by atoms with Crippen molar-refractivity contribution in [2.45, 2.75) is 26.5 Å². The molecular formula is C22H21NO5S2. The van der Waals surface area contributed by atoms with E-state index in [1.54, 1.807) is 25.3 Å². The van der Waals surface area contributed by atoms with Gasteiger partial charge < -0.3 is 14.6 Å². The molecule has 0 spiro atoms. The Hall–Kier alpha value is -2.84. The number of thioether (sulfide) groups is 1. The summed E-state index contributed by atoms with van der Waals surface area (Å²) in [5, 5.41) is 9.19. The molecule has 1 aliphatic heterocycles. The monoisotopic (exact) mass is 443 g/mol. The lowest BCUT2D eigenvalue weighted by Gasteiger charge is -2.18. The Bertz CT molecular complexity index is 1030. The summed E-state index contributed by atoms with van der Waals surface area (Å²) in [6.07, 6.45) is 1.67. The number of ether oxygens (including phenoxy) is 2. The van der Waals surface area contributed by atoms with Gasteiger partial charge in [0.25, 0.3) is 5.91 Å². The van der Waals surface area contributed by atoms with E-state index in [-0.39, 0.29) is 4.32 Å². The number of aliphatic carboxylic acids is 1. The van der Waals surface area contributed by atoms with Crippen LogP contribution in [0, 0.1) is 6.92 Å². The lowest BCUT2D eigenvalue weighted by atomic mass is 10.1. The fraction of sp³-hybridized carbons (Fsp3) is 0.227. The highest BCUT2D eigenvalue weighted by atomic mass is 32.2. The quantitative estimate of drug-likeness (QED) is 0.506. The van der Waals surface area contributed by atoms with Crippen LogP contribution in [-0.4, -0.2) is 39.4 Å². The number of carboxylic acid groups (broad SMARTS) is 1. The first-order valence-corrected chi connectivity index (χ1v) is 10.4. The minimum absolute atomic E-state index is 0.228. The summed E-state index contributed by atoms with van der Waals surface area (Å²) in [5.41, 5.74) is 2.95. The third kappa shape index (κ3) is 4.66. The maximum absolute atomic E-state index is 12.6. The Morgan fingerprint density at radius 1 is 1.27 bits per heavy atom. The van der Waals surface area contributed by atoms with Gasteiger partial charge in [0.15, 0.2) is 11.5 Å². The number of benzene rings is 2. The maximum Gasteiger partial charge on any atom is 0.326 e. The van der Waals surface area contributed by atoms with E-state index in [0.29, 0.717) is 23.0 Å². The van der Waals surface area contributed by atoms with Crippen LogP contribution in [0.2, 0.25) is 0 Å². The number of carbonyl (C=O) groups excluding carboxylic acids is 1. The Kier molecular flexibility index (Phi) is 6.79. The zero-order chi connectivity index (χ0) is 21.8. The fourth-order valence-corrected chi connectivity index (χ4v) is 4.31. The number of carboxylic acids is 1. The van der Waals surface area contributed by atoms with Crippen molar-refractivity contribution < 1.29 is 24.2 Å². The van der Waals surface area contributed by atoms with Crippen LogP contribution in [0.4, 0.5) is 0 Å². The van der Waals surface area contributed by atoms with E-state index >= 15 is 0 Å². The zero-order valence-electron chi connectivity index (χ0n) is 16.7. The average Bonchev–Trinajstić information content (AvgIpc) is 3.00. The van der Waals surface area contributed by atoms with Gasteiger partial charge >= 0.3 is 5.97 Å². The summed E-state index contributed by atoms with van der Waals surface area (Å²) in [5.74, 6) is -0.403. The summed E-state index contributed by atoms with van der Waals surface area (Å²) in [6.45, 7) is 3.87. The van der Waals surface area contributed by atoms with Crippen molar-refractivity contribution in [3.05, 3.63) is 64.1 Å². The molecule has 156 valence electrons. The van der Waals surface area contributed by atoms with E-state index in [1.807, 2.05) is 37.3 Å². The lowest BCUT2D eigenvalue weighted by Crippen LogP contribution is -2.41. The predicted octanol–water partition coefficient (Wildman–Crippen LogP) is 4.26. The van der Waals surface area contributed by atoms with Gasteiger partial charge in [-0.25, -0.2) is 4.79 Å². The van der Waals surface area contributed by atoms with Crippen LogP contribution in [0.25, 0.3) is 6.08 Å². The number of thiocarbonyl (C=S) groups is 1. The summed E-state index contributed by atoms with van der Waals surface area (Å²) in [4.78, 5) is 25.3. The highest BCUT2D eigenvalue weighted by Crippen LogP contribution is 2.36. The van der Waals surface area contributed by atoms with E-state index < -0.39 is 17.9 Å². The van der Waals surface area contributed by atoms with Crippen molar-refractivity contribution in [1.82, 2.24) is 4.90 Å². The van der Waals surface area contributed by atoms with Crippen molar-refractivity contribution >= 4 is 46.3 Å². The zero-order valence-corrected chi connectivity index (χ0v) is 18.4. The van der Waals surface area contributed by atoms with Crippen LogP contribution >= 0.6 is 24.0 Å². The molecule has 30 heavy (non-hydrogen) atoms. The second kappa shape index (κ2) is 9.32. The molecule has 2 aromatic carbocycles. The Labute approximate surface area is 184 Å². The number of hydrogen-bond donors (Lipinski definition) is 1. The van der Waals surface area contributed by atoms with Gasteiger partial charge in [0, 0.05) is 0 Å². The van der Waals surface area contributed by atoms with Crippen LogP contribution in [0.3, 0.4) is 0 Å². The van der Waals surface area contributed by atoms with Crippen molar-refractivity contribution in [1.29, 1.82) is 0 Å². The Balaban J connectivity index is 1.79. The van der Waals surface area contributed by atoms with Gasteiger partial charge in [0.2, 0.25) is 0 Å². The summed E-state index contributed by atoms with van der Waals surface area (Å²) >= 11 is 6.27. The summed E-state index contributed by atoms with van der Waals surface area (Å²) in [7, 11) is 1.55. The van der Waals surface area contributed by atoms with Crippen molar-refractivity contribution in [3.63, 3.8) is 0 Å². The van der Waals surface area contributed by atoms with Gasteiger partial charge in [0.05, 0.1) is 12.0 Å². The molecular weight excluding hydrogens is 422 g/mol. The van der Waals surface area contributed by atoms with E-state index in [2.05, 4.69) is 0 Å². The minimum Gasteiger partial charge on any atom is -0.493 e. The largest absolute Gasteiger partial charge is 0.493 e. The number of nitrogens with zero attached hydrogens (tertiary/aromatic N) is 1. The van der Waals surface area contributed by atoms with Crippen molar-refractivity contribution in [2.75, 3.05) is 7.11 Å². The summed E-state index contributed by atoms with van der Waals surface area (Å²) in [6, 6.07) is 12.3. The maximum atomic E-state index is 12.6. The normalized spacial score (nSPS) is 16.1. The van der Waals surface area contributed by atoms with Gasteiger partial charge in [-0.3, -0.25) is 9.69 Å². The molecule has 3 rings (SSSR count). The summed E-state index contributed by atoms with van der Waals surface area (Å²) < 4.78 is 11.6. The number of aryl methyl sites for hydroxylation is 1. The highest BCUT2D eigenvalue weighted by molar-refractivity contribution is 8.26. The van der Waals surface area contributed by atoms with Crippen LogP contribution in [-0.2, 0) is 16.2 Å². The van der Waals surface area contributed by atoms with Gasteiger partial charge in [-0.15, -0.1) is 0 Å². The molecule has 0 saturated carbocycles. The second-order valence-corrected chi connectivity index (χ2v) is 8.37. The standard InChI is InChI=1S/C22H21NO5S2/c1-13-6-4-5-7-16(13)12-28-17-9-8-15(10-18(17)27-3)11-19-20(24)23(22(29)30-19)14(2)21(25)26/h4-11,14H,12H2,1-3H3,(H,25,26)/b19-11-/t14-/m1/s1. The second-order valence-electron chi connectivity index (χ2n) is 6.69. The average molecular weight is 444 g/mol. The van der Waals surface area contributed by atoms with Crippen molar-refractivity contribution in [3.8, 4) is 11.5 Å². The van der Waals surface area contributed by atoms with E-state index in [0.717, 1.165) is 33.4 Å². The molecule has 0 radical (unpaired) electrons. The fourth-order valence-electron chi connectivity index (χ4n) is 2.90. The van der Waals surface area contributed by atoms with Gasteiger partial charge in [-0.1, -0.05) is 54.3 Å². The molecule has 1 saturated heterocycles. The third-order valence-corrected chi connectivity index (χ3v) is 6.03. The van der Waals surface area contributed by atoms with Crippen LogP contribution < -0.4 is 9.47 Å². The molecule has 6 nitrogen and oxygen atoms in total. The molecule has 0 unspecified atom stereocenters. The minimum atomic E-state index is -1.11. The first-order valence-electron chi connectivity index (χ1n) is 9.17. The number of amides is 1. The molecule has 1 fully saturated rings. The van der Waals surface area contributed by atoms with Gasteiger partial charge in [0.1, 0.15) is 17.0 Å². The molecule has 1 amide bonds. The third-order valence-electron chi connectivity index (χ3n) is 4.70. The predicted molar refractivity (Wildman–Crippen MR) is 121 cm³/mol. The smallest absolute Gasteiger partial charge is 0.326 e. The SMILES string of the molecule is COc1cc(/C=C2\SC(=S)N([C@H](C)C(=O)O)C2=O)ccc1OCc1ccccc1C. The molecule has 0 bridgehead atoms. The number of hydrogen-bond acceptors (Lipinski definition) is 6. The molecule has 0 aliphatic carbocycles. The van der Waals surface area contributed by atoms with Gasteiger partial charge in [-0.05, 0) is 48.7 Å². The first-order chi connectivity index (χ1) is 14.3. The molecule has 8 heteroatoms. The molecule has 1 heterocycles. The van der Waals surface area contributed by atoms with E-state index in [9.17, 15) is 14.7 Å². The molecule has 1 N–H and O–H groups in total. The number of carbonyl (C=O) groups is 2. The molecule has 1 atom stereocenters. The van der Waals surface area contributed by atoms with Gasteiger partial charge in [-0.2, -0.15) is 0 Å². The highest BCUT2D eigenvalue weighted by Gasteiger charge is 2.38.